The van der Waals surface area contributed by atoms with Crippen molar-refractivity contribution in [2.75, 3.05) is 11.5 Å². The van der Waals surface area contributed by atoms with Crippen LogP contribution in [0.25, 0.3) is 11.1 Å². The zero-order chi connectivity index (χ0) is 23.5. The van der Waals surface area contributed by atoms with Crippen LogP contribution in [0.1, 0.15) is 25.5 Å². The van der Waals surface area contributed by atoms with Gasteiger partial charge in [-0.3, -0.25) is 14.5 Å². The predicted molar refractivity (Wildman–Crippen MR) is 127 cm³/mol. The maximum Gasteiger partial charge on any atom is 0.294 e. The van der Waals surface area contributed by atoms with Crippen molar-refractivity contribution in [3.63, 3.8) is 0 Å². The molecule has 1 N–H and O–H groups in total. The second-order valence-electron chi connectivity index (χ2n) is 7.90. The number of ketones is 1. The van der Waals surface area contributed by atoms with E-state index in [1.54, 1.807) is 61.6 Å². The zero-order valence-electron chi connectivity index (χ0n) is 18.2. The van der Waals surface area contributed by atoms with Gasteiger partial charge in [0.25, 0.3) is 5.91 Å². The highest BCUT2D eigenvalue weighted by atomic mass is 32.1. The molecule has 0 bridgehead atoms. The fourth-order valence-electron chi connectivity index (χ4n) is 3.92. The van der Waals surface area contributed by atoms with Gasteiger partial charge in [-0.1, -0.05) is 44.2 Å². The Kier molecular flexibility index (Phi) is 6.29. The summed E-state index contributed by atoms with van der Waals surface area (Å²) in [6.45, 7) is 3.26. The molecule has 33 heavy (non-hydrogen) atoms. The largest absolute Gasteiger partial charge is 0.503 e. The molecule has 1 atom stereocenters. The molecule has 0 radical (unpaired) electrons. The molecule has 1 aliphatic rings. The predicted octanol–water partition coefficient (Wildman–Crippen LogP) is 5.44. The molecule has 1 amide bonds. The van der Waals surface area contributed by atoms with Crippen molar-refractivity contribution < 1.29 is 19.4 Å². The van der Waals surface area contributed by atoms with Gasteiger partial charge < -0.3 is 9.84 Å². The summed E-state index contributed by atoms with van der Waals surface area (Å²) in [5.41, 5.74) is 3.16. The topological polar surface area (TPSA) is 90.6 Å². The van der Waals surface area contributed by atoms with Crippen molar-refractivity contribution >= 4 is 28.7 Å². The summed E-state index contributed by atoms with van der Waals surface area (Å²) in [5, 5.41) is 23.8. The molecule has 4 rings (SSSR count). The number of Topliss-reactive ketones (excluding diaryl/α,β-unsaturated/α-hetero) is 1. The first-order valence-corrected chi connectivity index (χ1v) is 11.4. The van der Waals surface area contributed by atoms with E-state index in [9.17, 15) is 14.7 Å². The third-order valence-electron chi connectivity index (χ3n) is 5.50. The lowest BCUT2D eigenvalue weighted by Gasteiger charge is -2.28. The van der Waals surface area contributed by atoms with E-state index in [0.717, 1.165) is 11.1 Å². The molecule has 0 saturated carbocycles. The average Bonchev–Trinajstić information content (AvgIpc) is 3.45. The van der Waals surface area contributed by atoms with Gasteiger partial charge in [0.05, 0.1) is 11.6 Å². The van der Waals surface area contributed by atoms with Gasteiger partial charge in [-0.15, -0.1) is 0 Å². The van der Waals surface area contributed by atoms with Crippen molar-refractivity contribution in [2.24, 2.45) is 5.92 Å². The number of rotatable bonds is 7. The molecule has 6 nitrogen and oxygen atoms in total. The minimum atomic E-state index is -0.880. The highest BCUT2D eigenvalue weighted by molar-refractivity contribution is 7.08. The van der Waals surface area contributed by atoms with Gasteiger partial charge in [-0.05, 0) is 46.2 Å². The molecule has 0 fully saturated rings. The van der Waals surface area contributed by atoms with E-state index in [1.165, 1.54) is 4.90 Å². The average molecular weight is 459 g/mol. The number of anilines is 1. The number of aliphatic hydroxyl groups excluding tert-OH is 1. The lowest BCUT2D eigenvalue weighted by Crippen LogP contribution is -2.31. The van der Waals surface area contributed by atoms with Crippen molar-refractivity contribution in [1.29, 1.82) is 5.26 Å². The highest BCUT2D eigenvalue weighted by Gasteiger charge is 2.45. The third kappa shape index (κ3) is 4.13. The molecule has 166 valence electrons. The molecule has 7 heteroatoms. The molecule has 0 spiro atoms. The van der Waals surface area contributed by atoms with Crippen molar-refractivity contribution in [1.82, 2.24) is 0 Å². The number of hydrogen-bond acceptors (Lipinski definition) is 6. The van der Waals surface area contributed by atoms with Crippen LogP contribution in [0.3, 0.4) is 0 Å². The number of aliphatic hydroxyl groups is 1. The number of thiophene rings is 1. The molecular formula is C26H22N2O4S. The van der Waals surface area contributed by atoms with E-state index >= 15 is 0 Å². The molecule has 0 saturated heterocycles. The molecule has 2 heterocycles. The standard InChI is InChI=1S/C26H22N2O4S/c1-16(2)24(29)22-23(20-5-3-4-6-21(20)32-13-12-27)28(26(31)25(22)30)19-9-7-17(8-10-19)18-11-14-33-15-18/h3-11,14-16,23,30H,13H2,1-2H3. The summed E-state index contributed by atoms with van der Waals surface area (Å²) in [5.74, 6) is -1.58. The SMILES string of the molecule is CC(C)C(=O)C1=C(O)C(=O)N(c2ccc(-c3ccsc3)cc2)C1c1ccccc1OCC#N. The zero-order valence-corrected chi connectivity index (χ0v) is 19.0. The van der Waals surface area contributed by atoms with E-state index in [-0.39, 0.29) is 18.0 Å². The fourth-order valence-corrected chi connectivity index (χ4v) is 4.58. The molecule has 3 aromatic rings. The van der Waals surface area contributed by atoms with Crippen molar-refractivity contribution in [3.05, 3.63) is 82.3 Å². The number of ether oxygens (including phenoxy) is 1. The van der Waals surface area contributed by atoms with Crippen LogP contribution in [0, 0.1) is 17.2 Å². The Morgan fingerprint density at radius 1 is 1.15 bits per heavy atom. The number of hydrogen-bond donors (Lipinski definition) is 1. The van der Waals surface area contributed by atoms with Gasteiger partial charge in [-0.25, -0.2) is 0 Å². The van der Waals surface area contributed by atoms with Gasteiger partial charge >= 0.3 is 0 Å². The number of nitrogens with zero attached hydrogens (tertiary/aromatic N) is 2. The summed E-state index contributed by atoms with van der Waals surface area (Å²) < 4.78 is 5.60. The summed E-state index contributed by atoms with van der Waals surface area (Å²) >= 11 is 1.60. The van der Waals surface area contributed by atoms with Crippen LogP contribution in [0.2, 0.25) is 0 Å². The third-order valence-corrected chi connectivity index (χ3v) is 6.19. The Balaban J connectivity index is 1.84. The van der Waals surface area contributed by atoms with Crippen LogP contribution in [0.4, 0.5) is 5.69 Å². The lowest BCUT2D eigenvalue weighted by molar-refractivity contribution is -0.119. The number of benzene rings is 2. The van der Waals surface area contributed by atoms with Gasteiger partial charge in [0, 0.05) is 17.2 Å². The molecule has 1 aromatic heterocycles. The van der Waals surface area contributed by atoms with Gasteiger partial charge in [0.1, 0.15) is 11.8 Å². The van der Waals surface area contributed by atoms with Crippen LogP contribution >= 0.6 is 11.3 Å². The first kappa shape index (κ1) is 22.3. The van der Waals surface area contributed by atoms with E-state index in [0.29, 0.717) is 17.0 Å². The Hall–Kier alpha value is -3.89. The van der Waals surface area contributed by atoms with E-state index in [4.69, 9.17) is 10.00 Å². The quantitative estimate of drug-likeness (QED) is 0.509. The van der Waals surface area contributed by atoms with Gasteiger partial charge in [0.15, 0.2) is 18.1 Å². The Bertz CT molecular complexity index is 1250. The second-order valence-corrected chi connectivity index (χ2v) is 8.68. The molecule has 1 aliphatic heterocycles. The summed E-state index contributed by atoms with van der Waals surface area (Å²) in [6.07, 6.45) is 0. The minimum Gasteiger partial charge on any atom is -0.503 e. The van der Waals surface area contributed by atoms with Crippen molar-refractivity contribution in [2.45, 2.75) is 19.9 Å². The summed E-state index contributed by atoms with van der Waals surface area (Å²) in [7, 11) is 0. The Morgan fingerprint density at radius 2 is 1.88 bits per heavy atom. The minimum absolute atomic E-state index is 0.0323. The van der Waals surface area contributed by atoms with E-state index in [2.05, 4.69) is 0 Å². The normalized spacial score (nSPS) is 15.8. The van der Waals surface area contributed by atoms with E-state index in [1.807, 2.05) is 35.0 Å². The summed E-state index contributed by atoms with van der Waals surface area (Å²) in [4.78, 5) is 27.8. The van der Waals surface area contributed by atoms with Crippen LogP contribution in [0.15, 0.2) is 76.7 Å². The van der Waals surface area contributed by atoms with Crippen LogP contribution in [-0.2, 0) is 9.59 Å². The molecule has 0 aliphatic carbocycles. The van der Waals surface area contributed by atoms with Gasteiger partial charge in [0.2, 0.25) is 0 Å². The highest BCUT2D eigenvalue weighted by Crippen LogP contribution is 2.44. The number of amides is 1. The number of carbonyl (C=O) groups is 2. The number of carbonyl (C=O) groups excluding carboxylic acids is 2. The van der Waals surface area contributed by atoms with Crippen LogP contribution < -0.4 is 9.64 Å². The monoisotopic (exact) mass is 458 g/mol. The van der Waals surface area contributed by atoms with Gasteiger partial charge in [-0.2, -0.15) is 16.6 Å². The lowest BCUT2D eigenvalue weighted by atomic mass is 9.90. The second kappa shape index (κ2) is 9.31. The van der Waals surface area contributed by atoms with Crippen LogP contribution in [-0.4, -0.2) is 23.4 Å². The van der Waals surface area contributed by atoms with Crippen LogP contribution in [0.5, 0.6) is 5.75 Å². The summed E-state index contributed by atoms with van der Waals surface area (Å²) in [6, 6.07) is 17.4. The smallest absolute Gasteiger partial charge is 0.294 e. The molecule has 1 unspecified atom stereocenters. The number of nitriles is 1. The Morgan fingerprint density at radius 3 is 2.52 bits per heavy atom. The first-order valence-electron chi connectivity index (χ1n) is 10.5. The maximum atomic E-state index is 13.2. The fraction of sp³-hybridized carbons (Fsp3) is 0.192. The number of para-hydroxylation sites is 1. The van der Waals surface area contributed by atoms with E-state index < -0.39 is 23.6 Å². The molecule has 2 aromatic carbocycles. The first-order chi connectivity index (χ1) is 15.9. The van der Waals surface area contributed by atoms with Crippen molar-refractivity contribution in [3.8, 4) is 22.9 Å². The molecular weight excluding hydrogens is 436 g/mol. The maximum absolute atomic E-state index is 13.2. The Labute approximate surface area is 196 Å².